The summed E-state index contributed by atoms with van der Waals surface area (Å²) in [5.41, 5.74) is 0. The number of hydrogen-bond donors (Lipinski definition) is 1. The highest BCUT2D eigenvalue weighted by molar-refractivity contribution is 7.91. The molecule has 2 heterocycles. The zero-order valence-corrected chi connectivity index (χ0v) is 10.9. The van der Waals surface area contributed by atoms with Crippen LogP contribution < -0.4 is 5.32 Å². The van der Waals surface area contributed by atoms with Gasteiger partial charge in [0.1, 0.15) is 11.5 Å². The Labute approximate surface area is 106 Å². The summed E-state index contributed by atoms with van der Waals surface area (Å²) >= 11 is 0. The van der Waals surface area contributed by atoms with Crippen molar-refractivity contribution in [2.24, 2.45) is 0 Å². The van der Waals surface area contributed by atoms with Crippen LogP contribution in [0.15, 0.2) is 22.6 Å². The van der Waals surface area contributed by atoms with Crippen molar-refractivity contribution in [3.63, 3.8) is 0 Å². The predicted molar refractivity (Wildman–Crippen MR) is 67.7 cm³/mol. The first-order chi connectivity index (χ1) is 8.44. The summed E-state index contributed by atoms with van der Waals surface area (Å²) in [6.45, 7) is 1.82. The van der Waals surface area contributed by atoms with Crippen molar-refractivity contribution in [3.8, 4) is 0 Å². The number of carbonyl (C=O) groups is 1. The number of carbonyl (C=O) groups excluding carboxylic acids is 1. The molecule has 0 bridgehead atoms. The van der Waals surface area contributed by atoms with Crippen LogP contribution in [0.4, 0.5) is 0 Å². The quantitative estimate of drug-likeness (QED) is 0.827. The van der Waals surface area contributed by atoms with Crippen molar-refractivity contribution in [2.45, 2.75) is 19.4 Å². The minimum absolute atomic E-state index is 0.0342. The Morgan fingerprint density at radius 1 is 1.50 bits per heavy atom. The molecule has 0 spiro atoms. The van der Waals surface area contributed by atoms with Gasteiger partial charge in [-0.2, -0.15) is 0 Å². The third-order valence-corrected chi connectivity index (χ3v) is 4.51. The molecule has 18 heavy (non-hydrogen) atoms. The van der Waals surface area contributed by atoms with E-state index < -0.39 is 9.84 Å². The molecule has 1 aromatic heterocycles. The standard InChI is InChI=1S/C12H15NO4S/c1-9-2-3-11(17-9)4-5-12(14)13-10-6-7-18(15,16)8-10/h2-5,10H,6-8H2,1H3,(H,13,14). The van der Waals surface area contributed by atoms with Crippen molar-refractivity contribution in [3.05, 3.63) is 29.7 Å². The molecular weight excluding hydrogens is 254 g/mol. The lowest BCUT2D eigenvalue weighted by Gasteiger charge is -2.07. The average Bonchev–Trinajstić information content (AvgIpc) is 2.82. The Hall–Kier alpha value is -1.56. The van der Waals surface area contributed by atoms with E-state index >= 15 is 0 Å². The Balaban J connectivity index is 1.88. The predicted octanol–water partition coefficient (Wildman–Crippen LogP) is 0.905. The highest BCUT2D eigenvalue weighted by Crippen LogP contribution is 2.11. The van der Waals surface area contributed by atoms with Crippen molar-refractivity contribution < 1.29 is 17.6 Å². The summed E-state index contributed by atoms with van der Waals surface area (Å²) in [5.74, 6) is 1.26. The van der Waals surface area contributed by atoms with Gasteiger partial charge >= 0.3 is 0 Å². The van der Waals surface area contributed by atoms with Gasteiger partial charge in [0.05, 0.1) is 11.5 Å². The molecular formula is C12H15NO4S. The summed E-state index contributed by atoms with van der Waals surface area (Å²) in [5, 5.41) is 2.66. The molecule has 1 unspecified atom stereocenters. The first kappa shape index (κ1) is 12.9. The van der Waals surface area contributed by atoms with E-state index in [1.807, 2.05) is 6.92 Å². The molecule has 5 nitrogen and oxygen atoms in total. The summed E-state index contributed by atoms with van der Waals surface area (Å²) in [6.07, 6.45) is 3.40. The van der Waals surface area contributed by atoms with E-state index in [0.29, 0.717) is 12.2 Å². The highest BCUT2D eigenvalue weighted by atomic mass is 32.2. The van der Waals surface area contributed by atoms with Gasteiger partial charge in [-0.15, -0.1) is 0 Å². The third-order valence-electron chi connectivity index (χ3n) is 2.74. The molecule has 1 atom stereocenters. The zero-order chi connectivity index (χ0) is 13.2. The lowest BCUT2D eigenvalue weighted by atomic mass is 10.2. The molecule has 1 amide bonds. The smallest absolute Gasteiger partial charge is 0.244 e. The molecule has 1 fully saturated rings. The van der Waals surface area contributed by atoms with Gasteiger partial charge in [-0.05, 0) is 31.6 Å². The number of nitrogens with one attached hydrogen (secondary N) is 1. The second-order valence-corrected chi connectivity index (χ2v) is 6.62. The molecule has 0 aromatic carbocycles. The number of furan rings is 1. The molecule has 1 aliphatic rings. The Morgan fingerprint density at radius 2 is 2.28 bits per heavy atom. The van der Waals surface area contributed by atoms with Crippen LogP contribution in [0.2, 0.25) is 0 Å². The van der Waals surface area contributed by atoms with Gasteiger partial charge in [-0.3, -0.25) is 4.79 Å². The van der Waals surface area contributed by atoms with Crippen LogP contribution in [-0.4, -0.2) is 31.9 Å². The molecule has 0 saturated carbocycles. The third kappa shape index (κ3) is 3.46. The first-order valence-corrected chi connectivity index (χ1v) is 7.52. The fourth-order valence-corrected chi connectivity index (χ4v) is 3.53. The number of amides is 1. The molecule has 1 N–H and O–H groups in total. The molecule has 6 heteroatoms. The fraction of sp³-hybridized carbons (Fsp3) is 0.417. The maximum absolute atomic E-state index is 11.6. The number of hydrogen-bond acceptors (Lipinski definition) is 4. The summed E-state index contributed by atoms with van der Waals surface area (Å²) in [6, 6.07) is 3.30. The fourth-order valence-electron chi connectivity index (χ4n) is 1.86. The Bertz CT molecular complexity index is 571. The van der Waals surface area contributed by atoms with Gasteiger partial charge in [-0.25, -0.2) is 8.42 Å². The highest BCUT2D eigenvalue weighted by Gasteiger charge is 2.28. The van der Waals surface area contributed by atoms with E-state index in [-0.39, 0.29) is 23.5 Å². The molecule has 0 radical (unpaired) electrons. The maximum Gasteiger partial charge on any atom is 0.244 e. The van der Waals surface area contributed by atoms with E-state index in [4.69, 9.17) is 4.42 Å². The van der Waals surface area contributed by atoms with Gasteiger partial charge in [0, 0.05) is 12.1 Å². The lowest BCUT2D eigenvalue weighted by Crippen LogP contribution is -2.34. The van der Waals surface area contributed by atoms with E-state index in [1.165, 1.54) is 6.08 Å². The maximum atomic E-state index is 11.6. The molecule has 1 aliphatic heterocycles. The second kappa shape index (κ2) is 4.97. The van der Waals surface area contributed by atoms with E-state index in [1.54, 1.807) is 18.2 Å². The van der Waals surface area contributed by atoms with Crippen LogP contribution >= 0.6 is 0 Å². The van der Waals surface area contributed by atoms with Crippen molar-refractivity contribution >= 4 is 21.8 Å². The summed E-state index contributed by atoms with van der Waals surface area (Å²) in [4.78, 5) is 11.6. The topological polar surface area (TPSA) is 76.4 Å². The summed E-state index contributed by atoms with van der Waals surface area (Å²) in [7, 11) is -2.96. The number of aryl methyl sites for hydroxylation is 1. The van der Waals surface area contributed by atoms with Crippen molar-refractivity contribution in [1.82, 2.24) is 5.32 Å². The lowest BCUT2D eigenvalue weighted by molar-refractivity contribution is -0.116. The minimum atomic E-state index is -2.96. The second-order valence-electron chi connectivity index (χ2n) is 4.39. The van der Waals surface area contributed by atoms with E-state index in [2.05, 4.69) is 5.32 Å². The normalized spacial score (nSPS) is 22.4. The van der Waals surface area contributed by atoms with Crippen LogP contribution in [0.3, 0.4) is 0 Å². The SMILES string of the molecule is Cc1ccc(C=CC(=O)NC2CCS(=O)(=O)C2)o1. The average molecular weight is 269 g/mol. The van der Waals surface area contributed by atoms with Crippen LogP contribution in [-0.2, 0) is 14.6 Å². The molecule has 0 aliphatic carbocycles. The molecule has 2 rings (SSSR count). The van der Waals surface area contributed by atoms with Crippen LogP contribution in [0, 0.1) is 6.92 Å². The zero-order valence-electron chi connectivity index (χ0n) is 10.0. The Morgan fingerprint density at radius 3 is 2.83 bits per heavy atom. The first-order valence-electron chi connectivity index (χ1n) is 5.70. The van der Waals surface area contributed by atoms with Crippen molar-refractivity contribution in [2.75, 3.05) is 11.5 Å². The van der Waals surface area contributed by atoms with Crippen molar-refractivity contribution in [1.29, 1.82) is 0 Å². The Kier molecular flexibility index (Phi) is 3.56. The van der Waals surface area contributed by atoms with Gasteiger partial charge in [0.25, 0.3) is 0 Å². The summed E-state index contributed by atoms with van der Waals surface area (Å²) < 4.78 is 27.7. The van der Waals surface area contributed by atoms with Gasteiger partial charge in [-0.1, -0.05) is 0 Å². The number of rotatable bonds is 3. The van der Waals surface area contributed by atoms with Crippen LogP contribution in [0.5, 0.6) is 0 Å². The largest absolute Gasteiger partial charge is 0.462 e. The minimum Gasteiger partial charge on any atom is -0.462 e. The van der Waals surface area contributed by atoms with Crippen LogP contribution in [0.25, 0.3) is 6.08 Å². The van der Waals surface area contributed by atoms with Gasteiger partial charge in [0.15, 0.2) is 9.84 Å². The monoisotopic (exact) mass is 269 g/mol. The molecule has 98 valence electrons. The van der Waals surface area contributed by atoms with E-state index in [9.17, 15) is 13.2 Å². The number of sulfone groups is 1. The van der Waals surface area contributed by atoms with Gasteiger partial charge in [0.2, 0.25) is 5.91 Å². The molecule has 1 aromatic rings. The molecule has 1 saturated heterocycles. The van der Waals surface area contributed by atoms with Crippen LogP contribution in [0.1, 0.15) is 17.9 Å². The van der Waals surface area contributed by atoms with Gasteiger partial charge < -0.3 is 9.73 Å². The van der Waals surface area contributed by atoms with E-state index in [0.717, 1.165) is 5.76 Å².